The zero-order valence-electron chi connectivity index (χ0n) is 16.7. The van der Waals surface area contributed by atoms with Crippen LogP contribution in [-0.2, 0) is 6.54 Å². The van der Waals surface area contributed by atoms with Crippen LogP contribution in [0.15, 0.2) is 82.4 Å². The maximum atomic E-state index is 12.9. The smallest absolute Gasteiger partial charge is 0.406 e. The fourth-order valence-corrected chi connectivity index (χ4v) is 3.41. The third-order valence-corrected chi connectivity index (χ3v) is 4.90. The van der Waals surface area contributed by atoms with Crippen LogP contribution in [0.25, 0.3) is 28.0 Å². The van der Waals surface area contributed by atoms with Crippen LogP contribution >= 0.6 is 0 Å². The van der Waals surface area contributed by atoms with Gasteiger partial charge in [-0.15, -0.1) is 18.3 Å². The van der Waals surface area contributed by atoms with Gasteiger partial charge in [0.2, 0.25) is 0 Å². The van der Waals surface area contributed by atoms with E-state index < -0.39 is 12.1 Å². The minimum atomic E-state index is -4.76. The molecule has 8 nitrogen and oxygen atoms in total. The second-order valence-corrected chi connectivity index (χ2v) is 7.08. The van der Waals surface area contributed by atoms with Gasteiger partial charge in [-0.2, -0.15) is 0 Å². The van der Waals surface area contributed by atoms with E-state index in [1.54, 1.807) is 18.3 Å². The molecule has 0 spiro atoms. The Hall–Kier alpha value is -4.41. The number of ether oxygens (including phenoxy) is 1. The number of rotatable bonds is 5. The Balaban J connectivity index is 1.44. The van der Waals surface area contributed by atoms with Gasteiger partial charge in [-0.25, -0.2) is 18.5 Å². The Morgan fingerprint density at radius 1 is 0.879 bits per heavy atom. The van der Waals surface area contributed by atoms with Gasteiger partial charge in [0.25, 0.3) is 0 Å². The average molecular weight is 453 g/mol. The van der Waals surface area contributed by atoms with Crippen LogP contribution in [0, 0.1) is 0 Å². The first-order chi connectivity index (χ1) is 15.9. The Labute approximate surface area is 183 Å². The number of alkyl halides is 3. The maximum Gasteiger partial charge on any atom is 0.573 e. The van der Waals surface area contributed by atoms with Crippen LogP contribution in [0.4, 0.5) is 13.2 Å². The summed E-state index contributed by atoms with van der Waals surface area (Å²) in [6, 6.07) is 18.0. The van der Waals surface area contributed by atoms with Gasteiger partial charge in [0.15, 0.2) is 5.65 Å². The zero-order valence-corrected chi connectivity index (χ0v) is 16.7. The van der Waals surface area contributed by atoms with Gasteiger partial charge >= 0.3 is 12.1 Å². The molecule has 0 aliphatic heterocycles. The molecule has 3 aromatic heterocycles. The van der Waals surface area contributed by atoms with Gasteiger partial charge in [0.05, 0.1) is 6.54 Å². The van der Waals surface area contributed by atoms with Crippen molar-refractivity contribution in [2.24, 2.45) is 0 Å². The largest absolute Gasteiger partial charge is 0.573 e. The summed E-state index contributed by atoms with van der Waals surface area (Å²) in [5, 5.41) is 12.2. The summed E-state index contributed by atoms with van der Waals surface area (Å²) in [7, 11) is 0. The monoisotopic (exact) mass is 453 g/mol. The SMILES string of the molecule is O=c1n(Cc2nonc2-c2ccccc2)nc2ccc(-c3ccc(OC(F)(F)F)cc3)cn12. The van der Waals surface area contributed by atoms with E-state index in [-0.39, 0.29) is 12.3 Å². The van der Waals surface area contributed by atoms with Gasteiger partial charge in [-0.1, -0.05) is 47.6 Å². The number of nitrogens with zero attached hydrogens (tertiary/aromatic N) is 5. The number of hydrogen-bond donors (Lipinski definition) is 0. The topological polar surface area (TPSA) is 87.5 Å². The van der Waals surface area contributed by atoms with Gasteiger partial charge in [0, 0.05) is 11.8 Å². The molecule has 0 atom stereocenters. The lowest BCUT2D eigenvalue weighted by Gasteiger charge is -2.09. The average Bonchev–Trinajstić information content (AvgIpc) is 3.38. The number of aromatic nitrogens is 5. The molecule has 33 heavy (non-hydrogen) atoms. The van der Waals surface area contributed by atoms with Crippen molar-refractivity contribution in [1.29, 1.82) is 0 Å². The molecule has 0 aliphatic rings. The molecule has 2 aromatic carbocycles. The van der Waals surface area contributed by atoms with E-state index in [4.69, 9.17) is 4.63 Å². The standard InChI is InChI=1S/C22H14F3N5O3/c23-22(24,25)32-17-9-6-14(7-10-17)16-8-11-19-26-30(21(31)29(19)12-16)13-18-20(28-33-27-18)15-4-2-1-3-5-15/h1-12H,13H2. The molecule has 0 amide bonds. The molecule has 0 radical (unpaired) electrons. The van der Waals surface area contributed by atoms with Crippen molar-refractivity contribution in [2.75, 3.05) is 0 Å². The van der Waals surface area contributed by atoms with Crippen LogP contribution in [0.1, 0.15) is 5.69 Å². The van der Waals surface area contributed by atoms with Crippen molar-refractivity contribution in [1.82, 2.24) is 24.5 Å². The minimum Gasteiger partial charge on any atom is -0.406 e. The highest BCUT2D eigenvalue weighted by Crippen LogP contribution is 2.26. The Morgan fingerprint density at radius 2 is 1.61 bits per heavy atom. The maximum absolute atomic E-state index is 12.9. The summed E-state index contributed by atoms with van der Waals surface area (Å²) in [4.78, 5) is 12.9. The highest BCUT2D eigenvalue weighted by Gasteiger charge is 2.31. The highest BCUT2D eigenvalue weighted by molar-refractivity contribution is 5.65. The van der Waals surface area contributed by atoms with E-state index in [9.17, 15) is 18.0 Å². The Bertz CT molecular complexity index is 1470. The quantitative estimate of drug-likeness (QED) is 0.397. The molecule has 0 aliphatic carbocycles. The molecule has 0 unspecified atom stereocenters. The van der Waals surface area contributed by atoms with E-state index in [1.807, 2.05) is 30.3 Å². The van der Waals surface area contributed by atoms with E-state index in [2.05, 4.69) is 20.1 Å². The van der Waals surface area contributed by atoms with Crippen LogP contribution in [-0.4, -0.2) is 30.9 Å². The summed E-state index contributed by atoms with van der Waals surface area (Å²) in [6.07, 6.45) is -3.19. The summed E-state index contributed by atoms with van der Waals surface area (Å²) in [5.74, 6) is -0.326. The van der Waals surface area contributed by atoms with Crippen molar-refractivity contribution in [2.45, 2.75) is 12.9 Å². The molecule has 5 rings (SSSR count). The zero-order chi connectivity index (χ0) is 23.0. The molecule has 166 valence electrons. The number of benzene rings is 2. The number of fused-ring (bicyclic) bond motifs is 1. The first-order valence-corrected chi connectivity index (χ1v) is 9.70. The number of hydrogen-bond acceptors (Lipinski definition) is 6. The fraction of sp³-hybridized carbons (Fsp3) is 0.0909. The second-order valence-electron chi connectivity index (χ2n) is 7.08. The molecule has 0 saturated heterocycles. The van der Waals surface area contributed by atoms with Crippen molar-refractivity contribution in [3.63, 3.8) is 0 Å². The third-order valence-electron chi connectivity index (χ3n) is 4.90. The lowest BCUT2D eigenvalue weighted by molar-refractivity contribution is -0.274. The number of pyridine rings is 1. The van der Waals surface area contributed by atoms with Crippen molar-refractivity contribution < 1.29 is 22.5 Å². The Morgan fingerprint density at radius 3 is 2.33 bits per heavy atom. The minimum absolute atomic E-state index is 0.0487. The van der Waals surface area contributed by atoms with Gasteiger partial charge in [-0.05, 0) is 40.5 Å². The predicted molar refractivity (Wildman–Crippen MR) is 110 cm³/mol. The molecule has 0 N–H and O–H groups in total. The normalized spacial score (nSPS) is 11.7. The molecular formula is C22H14F3N5O3. The van der Waals surface area contributed by atoms with E-state index in [0.717, 1.165) is 5.56 Å². The molecule has 0 saturated carbocycles. The van der Waals surface area contributed by atoms with E-state index >= 15 is 0 Å². The van der Waals surface area contributed by atoms with Crippen LogP contribution in [0.5, 0.6) is 5.75 Å². The highest BCUT2D eigenvalue weighted by atomic mass is 19.4. The Kier molecular flexibility index (Phi) is 4.93. The molecule has 0 bridgehead atoms. The van der Waals surface area contributed by atoms with Crippen LogP contribution in [0.2, 0.25) is 0 Å². The molecular weight excluding hydrogens is 439 g/mol. The predicted octanol–water partition coefficient (Wildman–Crippen LogP) is 4.16. The first-order valence-electron chi connectivity index (χ1n) is 9.70. The van der Waals surface area contributed by atoms with Crippen molar-refractivity contribution >= 4 is 5.65 Å². The van der Waals surface area contributed by atoms with Crippen LogP contribution in [0.3, 0.4) is 0 Å². The van der Waals surface area contributed by atoms with Crippen LogP contribution < -0.4 is 10.4 Å². The third kappa shape index (κ3) is 4.20. The lowest BCUT2D eigenvalue weighted by atomic mass is 10.1. The second kappa shape index (κ2) is 7.93. The van der Waals surface area contributed by atoms with Crippen molar-refractivity contribution in [3.05, 3.63) is 89.1 Å². The molecule has 0 fully saturated rings. The summed E-state index contributed by atoms with van der Waals surface area (Å²) >= 11 is 0. The summed E-state index contributed by atoms with van der Waals surface area (Å²) in [5.41, 5.74) is 2.98. The summed E-state index contributed by atoms with van der Waals surface area (Å²) in [6.45, 7) is 0.0487. The number of halogens is 3. The molecule has 11 heteroatoms. The van der Waals surface area contributed by atoms with Gasteiger partial charge in [-0.3, -0.25) is 0 Å². The van der Waals surface area contributed by atoms with E-state index in [0.29, 0.717) is 28.2 Å². The van der Waals surface area contributed by atoms with Crippen molar-refractivity contribution in [3.8, 4) is 28.1 Å². The van der Waals surface area contributed by atoms with Gasteiger partial charge < -0.3 is 4.74 Å². The van der Waals surface area contributed by atoms with Gasteiger partial charge in [0.1, 0.15) is 17.1 Å². The molecule has 3 heterocycles. The first kappa shape index (κ1) is 20.5. The van der Waals surface area contributed by atoms with E-state index in [1.165, 1.54) is 33.3 Å². The fourth-order valence-electron chi connectivity index (χ4n) is 3.41. The summed E-state index contributed by atoms with van der Waals surface area (Å²) < 4.78 is 48.4. The molecule has 5 aromatic rings. The lowest BCUT2D eigenvalue weighted by Crippen LogP contribution is -2.22.